The van der Waals surface area contributed by atoms with E-state index in [1.807, 2.05) is 18.2 Å². The van der Waals surface area contributed by atoms with Crippen molar-refractivity contribution in [1.82, 2.24) is 9.71 Å². The maximum atomic E-state index is 10.7. The number of pyridine rings is 1. The summed E-state index contributed by atoms with van der Waals surface area (Å²) in [6.45, 7) is 0.837. The molecule has 0 spiro atoms. The minimum atomic E-state index is -3.11. The Morgan fingerprint density at radius 3 is 2.73 bits per heavy atom. The molecule has 84 valence electrons. The molecule has 0 saturated heterocycles. The van der Waals surface area contributed by atoms with Crippen molar-refractivity contribution in [1.29, 1.82) is 0 Å². The summed E-state index contributed by atoms with van der Waals surface area (Å²) in [6.07, 6.45) is 1.13. The molecule has 15 heavy (non-hydrogen) atoms. The lowest BCUT2D eigenvalue weighted by Crippen LogP contribution is -2.27. The number of halogens is 1. The molecular weight excluding hydrogens is 282 g/mol. The van der Waals surface area contributed by atoms with Crippen molar-refractivity contribution in [3.8, 4) is 0 Å². The smallest absolute Gasteiger partial charge is 0.208 e. The van der Waals surface area contributed by atoms with Crippen LogP contribution < -0.4 is 10.0 Å². The molecular formula is C8H12BrN3O2S. The molecule has 0 unspecified atom stereocenters. The fourth-order valence-electron chi connectivity index (χ4n) is 0.934. The molecule has 0 amide bonds. The molecule has 0 radical (unpaired) electrons. The second kappa shape index (κ2) is 5.43. The van der Waals surface area contributed by atoms with E-state index in [0.29, 0.717) is 18.9 Å². The normalized spacial score (nSPS) is 11.3. The van der Waals surface area contributed by atoms with Gasteiger partial charge >= 0.3 is 0 Å². The van der Waals surface area contributed by atoms with Crippen LogP contribution in [0.15, 0.2) is 22.8 Å². The van der Waals surface area contributed by atoms with Crippen LogP contribution in [0.4, 0.5) is 5.82 Å². The lowest BCUT2D eigenvalue weighted by molar-refractivity contribution is 0.589. The number of rotatable bonds is 5. The van der Waals surface area contributed by atoms with Gasteiger partial charge in [-0.05, 0) is 28.1 Å². The van der Waals surface area contributed by atoms with Gasteiger partial charge in [0.1, 0.15) is 10.4 Å². The fraction of sp³-hybridized carbons (Fsp3) is 0.375. The van der Waals surface area contributed by atoms with E-state index in [-0.39, 0.29) is 0 Å². The van der Waals surface area contributed by atoms with Crippen LogP contribution in [0.1, 0.15) is 0 Å². The van der Waals surface area contributed by atoms with Gasteiger partial charge in [-0.25, -0.2) is 18.1 Å². The Morgan fingerprint density at radius 1 is 1.40 bits per heavy atom. The monoisotopic (exact) mass is 293 g/mol. The van der Waals surface area contributed by atoms with Gasteiger partial charge in [-0.3, -0.25) is 0 Å². The maximum absolute atomic E-state index is 10.7. The number of anilines is 1. The second-order valence-corrected chi connectivity index (χ2v) is 5.58. The number of aromatic nitrogens is 1. The molecule has 2 N–H and O–H groups in total. The van der Waals surface area contributed by atoms with Gasteiger partial charge in [-0.1, -0.05) is 6.07 Å². The molecule has 0 atom stereocenters. The number of sulfonamides is 1. The third-order valence-corrected chi connectivity index (χ3v) is 2.68. The van der Waals surface area contributed by atoms with Crippen molar-refractivity contribution in [2.45, 2.75) is 0 Å². The molecule has 5 nitrogen and oxygen atoms in total. The van der Waals surface area contributed by atoms with Gasteiger partial charge in [-0.2, -0.15) is 0 Å². The van der Waals surface area contributed by atoms with Crippen LogP contribution in [0.25, 0.3) is 0 Å². The van der Waals surface area contributed by atoms with Crippen molar-refractivity contribution in [2.24, 2.45) is 0 Å². The third-order valence-electron chi connectivity index (χ3n) is 1.51. The highest BCUT2D eigenvalue weighted by atomic mass is 79.9. The number of hydrogen-bond acceptors (Lipinski definition) is 4. The van der Waals surface area contributed by atoms with Gasteiger partial charge in [0.15, 0.2) is 0 Å². The number of nitrogens with zero attached hydrogens (tertiary/aromatic N) is 1. The van der Waals surface area contributed by atoms with E-state index in [4.69, 9.17) is 0 Å². The lowest BCUT2D eigenvalue weighted by Gasteiger charge is -2.05. The summed E-state index contributed by atoms with van der Waals surface area (Å²) >= 11 is 3.24. The second-order valence-electron chi connectivity index (χ2n) is 2.94. The zero-order chi connectivity index (χ0) is 11.3. The van der Waals surface area contributed by atoms with Crippen LogP contribution in [-0.4, -0.2) is 32.7 Å². The van der Waals surface area contributed by atoms with Gasteiger partial charge in [-0.15, -0.1) is 0 Å². The highest BCUT2D eigenvalue weighted by Gasteiger charge is 1.99. The van der Waals surface area contributed by atoms with Crippen LogP contribution >= 0.6 is 15.9 Å². The summed E-state index contributed by atoms with van der Waals surface area (Å²) in [4.78, 5) is 4.14. The first-order valence-electron chi connectivity index (χ1n) is 4.28. The van der Waals surface area contributed by atoms with Crippen LogP contribution in [0.2, 0.25) is 0 Å². The molecule has 0 aliphatic carbocycles. The molecule has 1 aromatic rings. The van der Waals surface area contributed by atoms with E-state index in [9.17, 15) is 8.42 Å². The summed E-state index contributed by atoms with van der Waals surface area (Å²) in [6, 6.07) is 5.48. The largest absolute Gasteiger partial charge is 0.369 e. The van der Waals surface area contributed by atoms with Crippen molar-refractivity contribution < 1.29 is 8.42 Å². The van der Waals surface area contributed by atoms with Crippen LogP contribution in [-0.2, 0) is 10.0 Å². The van der Waals surface area contributed by atoms with E-state index in [0.717, 1.165) is 10.9 Å². The van der Waals surface area contributed by atoms with E-state index >= 15 is 0 Å². The predicted molar refractivity (Wildman–Crippen MR) is 63.3 cm³/mol. The van der Waals surface area contributed by atoms with E-state index in [2.05, 4.69) is 31.0 Å². The van der Waals surface area contributed by atoms with Crippen LogP contribution in [0, 0.1) is 0 Å². The molecule has 0 aliphatic rings. The molecule has 0 aromatic carbocycles. The molecule has 1 heterocycles. The first-order valence-corrected chi connectivity index (χ1v) is 6.97. The fourth-order valence-corrected chi connectivity index (χ4v) is 1.75. The van der Waals surface area contributed by atoms with Gasteiger partial charge in [0, 0.05) is 13.1 Å². The molecule has 0 aliphatic heterocycles. The number of nitrogens with one attached hydrogen (secondary N) is 2. The van der Waals surface area contributed by atoms with Crippen molar-refractivity contribution in [2.75, 3.05) is 24.7 Å². The topological polar surface area (TPSA) is 71.1 Å². The van der Waals surface area contributed by atoms with Crippen molar-refractivity contribution >= 4 is 31.8 Å². The molecule has 0 fully saturated rings. The van der Waals surface area contributed by atoms with E-state index in [1.165, 1.54) is 0 Å². The average Bonchev–Trinajstić information content (AvgIpc) is 2.11. The maximum Gasteiger partial charge on any atom is 0.208 e. The first-order chi connectivity index (χ1) is 6.97. The molecule has 0 saturated carbocycles. The van der Waals surface area contributed by atoms with Crippen molar-refractivity contribution in [3.05, 3.63) is 22.8 Å². The van der Waals surface area contributed by atoms with E-state index in [1.54, 1.807) is 0 Å². The lowest BCUT2D eigenvalue weighted by atomic mass is 10.4. The van der Waals surface area contributed by atoms with Gasteiger partial charge in [0.25, 0.3) is 0 Å². The van der Waals surface area contributed by atoms with Gasteiger partial charge < -0.3 is 5.32 Å². The Morgan fingerprint density at radius 2 is 2.13 bits per heavy atom. The van der Waals surface area contributed by atoms with Crippen molar-refractivity contribution in [3.63, 3.8) is 0 Å². The van der Waals surface area contributed by atoms with Crippen LogP contribution in [0.5, 0.6) is 0 Å². The molecule has 7 heteroatoms. The highest BCUT2D eigenvalue weighted by molar-refractivity contribution is 9.10. The molecule has 0 bridgehead atoms. The SMILES string of the molecule is CS(=O)(=O)NCCNc1cccc(Br)n1. The molecule has 1 aromatic heterocycles. The minimum absolute atomic E-state index is 0.340. The molecule has 1 rings (SSSR count). The Bertz CT molecular complexity index is 422. The summed E-state index contributed by atoms with van der Waals surface area (Å²) in [5.74, 6) is 0.708. The van der Waals surface area contributed by atoms with Gasteiger partial charge in [0.2, 0.25) is 10.0 Å². The highest BCUT2D eigenvalue weighted by Crippen LogP contribution is 2.09. The predicted octanol–water partition coefficient (Wildman–Crippen LogP) is 0.805. The van der Waals surface area contributed by atoms with Crippen LogP contribution in [0.3, 0.4) is 0 Å². The number of hydrogen-bond donors (Lipinski definition) is 2. The Balaban J connectivity index is 2.32. The summed E-state index contributed by atoms with van der Waals surface area (Å²) in [5, 5.41) is 2.99. The summed E-state index contributed by atoms with van der Waals surface area (Å²) in [7, 11) is -3.11. The third kappa shape index (κ3) is 5.71. The quantitative estimate of drug-likeness (QED) is 0.622. The zero-order valence-corrected chi connectivity index (χ0v) is 10.6. The summed E-state index contributed by atoms with van der Waals surface area (Å²) < 4.78 is 24.6. The standard InChI is InChI=1S/C8H12BrN3O2S/c1-15(13,14)11-6-5-10-8-4-2-3-7(9)12-8/h2-4,11H,5-6H2,1H3,(H,10,12). The first kappa shape index (κ1) is 12.4. The Hall–Kier alpha value is -0.660. The minimum Gasteiger partial charge on any atom is -0.369 e. The summed E-state index contributed by atoms with van der Waals surface area (Å²) in [5.41, 5.74) is 0. The Kier molecular flexibility index (Phi) is 4.49. The van der Waals surface area contributed by atoms with E-state index < -0.39 is 10.0 Å². The average molecular weight is 294 g/mol. The zero-order valence-electron chi connectivity index (χ0n) is 8.20. The Labute approximate surface area is 97.5 Å². The van der Waals surface area contributed by atoms with Gasteiger partial charge in [0.05, 0.1) is 6.26 Å².